The van der Waals surface area contributed by atoms with Crippen LogP contribution >= 0.6 is 0 Å². The quantitative estimate of drug-likeness (QED) is 0.288. The van der Waals surface area contributed by atoms with Crippen molar-refractivity contribution in [3.8, 4) is 11.1 Å². The van der Waals surface area contributed by atoms with Crippen LogP contribution in [0.2, 0.25) is 0 Å². The topological polar surface area (TPSA) is 97.6 Å². The maximum absolute atomic E-state index is 12.6. The van der Waals surface area contributed by atoms with E-state index < -0.39 is 29.1 Å². The van der Waals surface area contributed by atoms with E-state index in [9.17, 15) is 24.5 Å². The molecule has 0 atom stereocenters. The third kappa shape index (κ3) is 3.29. The van der Waals surface area contributed by atoms with Gasteiger partial charge in [0.25, 0.3) is 17.5 Å². The number of nitro groups is 1. The molecule has 3 aromatic rings. The molecule has 7 heteroatoms. The van der Waals surface area contributed by atoms with Gasteiger partial charge in [0.05, 0.1) is 22.6 Å². The Labute approximate surface area is 165 Å². The second-order valence-corrected chi connectivity index (χ2v) is 6.55. The molecule has 2 amide bonds. The van der Waals surface area contributed by atoms with Gasteiger partial charge in [0, 0.05) is 17.7 Å². The smallest absolute Gasteiger partial charge is 0.270 e. The highest BCUT2D eigenvalue weighted by Crippen LogP contribution is 2.27. The molecule has 0 saturated carbocycles. The molecule has 0 bridgehead atoms. The summed E-state index contributed by atoms with van der Waals surface area (Å²) in [6.45, 7) is -0.426. The van der Waals surface area contributed by atoms with E-state index in [1.807, 2.05) is 30.3 Å². The van der Waals surface area contributed by atoms with Crippen molar-refractivity contribution in [1.29, 1.82) is 0 Å². The molecule has 0 aliphatic carbocycles. The first-order chi connectivity index (χ1) is 14.0. The van der Waals surface area contributed by atoms with Crippen LogP contribution in [0.1, 0.15) is 31.1 Å². The van der Waals surface area contributed by atoms with Gasteiger partial charge in [-0.25, -0.2) is 0 Å². The van der Waals surface area contributed by atoms with Crippen LogP contribution in [-0.2, 0) is 0 Å². The first-order valence-electron chi connectivity index (χ1n) is 8.79. The van der Waals surface area contributed by atoms with Gasteiger partial charge >= 0.3 is 0 Å². The summed E-state index contributed by atoms with van der Waals surface area (Å²) in [5.41, 5.74) is 2.04. The van der Waals surface area contributed by atoms with Crippen LogP contribution in [0.25, 0.3) is 11.1 Å². The summed E-state index contributed by atoms with van der Waals surface area (Å²) < 4.78 is 0. The number of hydrogen-bond donors (Lipinski definition) is 0. The van der Waals surface area contributed by atoms with E-state index in [0.717, 1.165) is 28.2 Å². The molecule has 0 radical (unpaired) electrons. The number of rotatable bonds is 5. The van der Waals surface area contributed by atoms with Crippen molar-refractivity contribution in [2.75, 3.05) is 6.54 Å². The maximum Gasteiger partial charge on any atom is 0.270 e. The van der Waals surface area contributed by atoms with Gasteiger partial charge in [-0.15, -0.1) is 0 Å². The van der Waals surface area contributed by atoms with E-state index >= 15 is 0 Å². The minimum atomic E-state index is -0.706. The molecule has 0 fully saturated rings. The summed E-state index contributed by atoms with van der Waals surface area (Å²) in [5, 5.41) is 10.9. The standard InChI is InChI=1S/C22H14N2O5/c25-20(16-8-6-15(7-9-16)14-4-2-1-3-5-14)13-23-21(26)18-11-10-17(24(28)29)12-19(18)22(23)27/h1-12H,13H2. The van der Waals surface area contributed by atoms with Gasteiger partial charge in [-0.05, 0) is 17.2 Å². The molecule has 7 nitrogen and oxygen atoms in total. The van der Waals surface area contributed by atoms with Crippen LogP contribution in [0.15, 0.2) is 72.8 Å². The van der Waals surface area contributed by atoms with Crippen LogP contribution in [0.4, 0.5) is 5.69 Å². The number of amides is 2. The van der Waals surface area contributed by atoms with Crippen molar-refractivity contribution in [2.45, 2.75) is 0 Å². The summed E-state index contributed by atoms with van der Waals surface area (Å²) in [6.07, 6.45) is 0. The maximum atomic E-state index is 12.6. The van der Waals surface area contributed by atoms with Crippen LogP contribution < -0.4 is 0 Å². The van der Waals surface area contributed by atoms with Gasteiger partial charge < -0.3 is 0 Å². The lowest BCUT2D eigenvalue weighted by molar-refractivity contribution is -0.384. The van der Waals surface area contributed by atoms with Gasteiger partial charge in [-0.3, -0.25) is 29.4 Å². The summed E-state index contributed by atoms with van der Waals surface area (Å²) in [4.78, 5) is 48.7. The normalized spacial score (nSPS) is 12.8. The van der Waals surface area contributed by atoms with E-state index in [-0.39, 0.29) is 16.8 Å². The second kappa shape index (κ2) is 7.12. The summed E-state index contributed by atoms with van der Waals surface area (Å²) in [5.74, 6) is -1.73. The number of carbonyl (C=O) groups is 3. The largest absolute Gasteiger partial charge is 0.292 e. The van der Waals surface area contributed by atoms with Crippen molar-refractivity contribution in [1.82, 2.24) is 4.90 Å². The molecular weight excluding hydrogens is 372 g/mol. The Morgan fingerprint density at radius 2 is 1.45 bits per heavy atom. The SMILES string of the molecule is O=C(CN1C(=O)c2ccc([N+](=O)[O-])cc2C1=O)c1ccc(-c2ccccc2)cc1. The minimum absolute atomic E-state index is 0.0589. The van der Waals surface area contributed by atoms with Crippen LogP contribution in [0.5, 0.6) is 0 Å². The fraction of sp³-hybridized carbons (Fsp3) is 0.0455. The average Bonchev–Trinajstić information content (AvgIpc) is 2.98. The molecule has 0 saturated heterocycles. The summed E-state index contributed by atoms with van der Waals surface area (Å²) in [6, 6.07) is 20.0. The lowest BCUT2D eigenvalue weighted by Crippen LogP contribution is -2.34. The Hall–Kier alpha value is -4.13. The highest BCUT2D eigenvalue weighted by atomic mass is 16.6. The van der Waals surface area contributed by atoms with Crippen molar-refractivity contribution >= 4 is 23.3 Å². The predicted octanol–water partition coefficient (Wildman–Crippen LogP) is 3.74. The lowest BCUT2D eigenvalue weighted by Gasteiger charge is -2.13. The average molecular weight is 386 g/mol. The van der Waals surface area contributed by atoms with Crippen molar-refractivity contribution in [3.63, 3.8) is 0 Å². The zero-order valence-electron chi connectivity index (χ0n) is 15.1. The van der Waals surface area contributed by atoms with Gasteiger partial charge in [-0.2, -0.15) is 0 Å². The molecule has 0 aromatic heterocycles. The van der Waals surface area contributed by atoms with Crippen molar-refractivity contribution < 1.29 is 19.3 Å². The Balaban J connectivity index is 1.53. The molecular formula is C22H14N2O5. The molecule has 0 spiro atoms. The number of nitrogens with zero attached hydrogens (tertiary/aromatic N) is 2. The molecule has 3 aromatic carbocycles. The third-order valence-corrected chi connectivity index (χ3v) is 4.78. The zero-order chi connectivity index (χ0) is 20.5. The number of ketones is 1. The highest BCUT2D eigenvalue weighted by molar-refractivity contribution is 6.23. The number of benzene rings is 3. The van der Waals surface area contributed by atoms with E-state index in [1.54, 1.807) is 24.3 Å². The molecule has 0 N–H and O–H groups in total. The first-order valence-corrected chi connectivity index (χ1v) is 8.79. The van der Waals surface area contributed by atoms with Gasteiger partial charge in [-0.1, -0.05) is 54.6 Å². The molecule has 1 aliphatic rings. The number of fused-ring (bicyclic) bond motifs is 1. The fourth-order valence-corrected chi connectivity index (χ4v) is 3.25. The first kappa shape index (κ1) is 18.2. The number of Topliss-reactive ketones (excluding diaryl/α,β-unsaturated/α-hetero) is 1. The number of carbonyl (C=O) groups excluding carboxylic acids is 3. The Bertz CT molecular complexity index is 1150. The third-order valence-electron chi connectivity index (χ3n) is 4.78. The molecule has 142 valence electrons. The summed E-state index contributed by atoms with van der Waals surface area (Å²) >= 11 is 0. The fourth-order valence-electron chi connectivity index (χ4n) is 3.25. The Kier molecular flexibility index (Phi) is 4.48. The second-order valence-electron chi connectivity index (χ2n) is 6.55. The Morgan fingerprint density at radius 1 is 0.828 bits per heavy atom. The minimum Gasteiger partial charge on any atom is -0.292 e. The van der Waals surface area contributed by atoms with Crippen molar-refractivity contribution in [2.24, 2.45) is 0 Å². The monoisotopic (exact) mass is 386 g/mol. The molecule has 0 unspecified atom stereocenters. The Morgan fingerprint density at radius 3 is 2.10 bits per heavy atom. The molecule has 4 rings (SSSR count). The number of nitro benzene ring substituents is 1. The highest BCUT2D eigenvalue weighted by Gasteiger charge is 2.37. The van der Waals surface area contributed by atoms with E-state index in [0.29, 0.717) is 5.56 Å². The van der Waals surface area contributed by atoms with Gasteiger partial charge in [0.1, 0.15) is 0 Å². The summed E-state index contributed by atoms with van der Waals surface area (Å²) in [7, 11) is 0. The van der Waals surface area contributed by atoms with Gasteiger partial charge in [0.15, 0.2) is 5.78 Å². The number of hydrogen-bond acceptors (Lipinski definition) is 5. The van der Waals surface area contributed by atoms with Crippen LogP contribution in [0.3, 0.4) is 0 Å². The van der Waals surface area contributed by atoms with E-state index in [1.165, 1.54) is 6.07 Å². The molecule has 29 heavy (non-hydrogen) atoms. The zero-order valence-corrected chi connectivity index (χ0v) is 15.1. The van der Waals surface area contributed by atoms with Crippen LogP contribution in [-0.4, -0.2) is 34.0 Å². The van der Waals surface area contributed by atoms with Crippen molar-refractivity contribution in [3.05, 3.63) is 99.6 Å². The molecule has 1 aliphatic heterocycles. The number of imide groups is 1. The van der Waals surface area contributed by atoms with E-state index in [4.69, 9.17) is 0 Å². The number of non-ortho nitro benzene ring substituents is 1. The van der Waals surface area contributed by atoms with Crippen LogP contribution in [0, 0.1) is 10.1 Å². The van der Waals surface area contributed by atoms with Gasteiger partial charge in [0.2, 0.25) is 0 Å². The van der Waals surface area contributed by atoms with E-state index in [2.05, 4.69) is 0 Å². The molecule has 1 heterocycles. The lowest BCUT2D eigenvalue weighted by atomic mass is 10.0. The predicted molar refractivity (Wildman–Crippen MR) is 105 cm³/mol.